The molecule has 0 amide bonds. The molecular weight excluding hydrogens is 1770 g/mol. The third kappa shape index (κ3) is 32.3. The van der Waals surface area contributed by atoms with Gasteiger partial charge in [-0.3, -0.25) is 0 Å². The Labute approximate surface area is 887 Å². The molecule has 3 heteroatoms. The van der Waals surface area contributed by atoms with Crippen LogP contribution in [0.15, 0.2) is 340 Å². The lowest BCUT2D eigenvalue weighted by atomic mass is 9.88. The van der Waals surface area contributed by atoms with Gasteiger partial charge in [0.1, 0.15) is 11.5 Å². The van der Waals surface area contributed by atoms with Gasteiger partial charge >= 0.3 is 0 Å². The van der Waals surface area contributed by atoms with Crippen LogP contribution in [0.25, 0.3) is 22.3 Å². The van der Waals surface area contributed by atoms with Crippen LogP contribution in [0.1, 0.15) is 306 Å². The number of ether oxygens (including phenoxy) is 3. The van der Waals surface area contributed by atoms with Crippen LogP contribution in [0.2, 0.25) is 0 Å². The normalized spacial score (nSPS) is 30.9. The Morgan fingerprint density at radius 3 is 0.863 bits per heavy atom. The Kier molecular flexibility index (Phi) is 41.9. The summed E-state index contributed by atoms with van der Waals surface area (Å²) >= 11 is 0. The van der Waals surface area contributed by atoms with Crippen molar-refractivity contribution in [2.45, 2.75) is 316 Å². The van der Waals surface area contributed by atoms with E-state index >= 15 is 0 Å². The van der Waals surface area contributed by atoms with Crippen LogP contribution >= 0.6 is 0 Å². The van der Waals surface area contributed by atoms with Crippen molar-refractivity contribution < 1.29 is 14.2 Å². The zero-order chi connectivity index (χ0) is 99.3. The topological polar surface area (TPSA) is 27.7 Å². The first-order valence-electron chi connectivity index (χ1n) is 60.6. The minimum Gasteiger partial charge on any atom is -0.494 e. The fourth-order valence-corrected chi connectivity index (χ4v) is 30.1. The van der Waals surface area contributed by atoms with Crippen molar-refractivity contribution in [2.75, 3.05) is 13.2 Å². The lowest BCUT2D eigenvalue weighted by molar-refractivity contribution is 0.0245. The maximum Gasteiger partial charge on any atom is 0.127 e. The van der Waals surface area contributed by atoms with Crippen LogP contribution in [-0.2, 0) is 30.6 Å². The lowest BCUT2D eigenvalue weighted by Crippen LogP contribution is -2.17. The third-order valence-corrected chi connectivity index (χ3v) is 38.2. The first-order valence-corrected chi connectivity index (χ1v) is 60.6. The molecule has 18 aliphatic carbocycles. The zero-order valence-electron chi connectivity index (χ0n) is 90.4. The van der Waals surface area contributed by atoms with Gasteiger partial charge in [0.05, 0.1) is 25.9 Å². The highest BCUT2D eigenvalue weighted by Crippen LogP contribution is 2.53. The minimum absolute atomic E-state index is 0.472. The summed E-state index contributed by atoms with van der Waals surface area (Å²) in [7, 11) is 0. The summed E-state index contributed by atoms with van der Waals surface area (Å²) in [6.45, 7) is 9.31. The van der Waals surface area contributed by atoms with E-state index < -0.39 is 0 Å². The summed E-state index contributed by atoms with van der Waals surface area (Å²) in [4.78, 5) is 0. The van der Waals surface area contributed by atoms with E-state index in [1.165, 1.54) is 327 Å². The standard InChI is InChI=1S/2C21H22O.C17H22.C16H20.C15H18.C15H26.C14H16O.C13H22.C11H18/c1-2-6-17(7-3-1)20-8-4-5-9-21(20)22-13-12-19-15-16-10-11-18(19)14-16;1-2-4-17(5-3-1)18-8-10-21(11-9-18)22-13-12-20-15-16-6-7-19(20)14-16;1-2-6-14(7-3-1)8-4-5-9-16-12-15-10-11-17(16)13-15;1-2-5-13(6-3-1)7-4-8-15-11-14-9-10-16(15)12-14;1-2-4-12(5-3-1)6-8-14-10-13-7-9-15(14)11-13;1-2-3-4-5-6-7-8-14-11-13-9-10-15(14)12-13;1-2-4-11(5-3-1)10-15-14-9-12-6-7-13(14)8-12;1-2-3-4-5-6-12-9-11-7-8-13(12)10-11;1-2-3-4-10-7-9-5-6-11(10)8-9/h1-11,16,18-19H,12-15H2;1-11,16,19-20H,12-15H2;1-3,6-7,10-11,15-17H,4-5,8-9,12-13H2;1-3,5-6,9-10,14-16H,4,7-8,11-12H2;1-5,7,9,13-15H,6,8,10-11H2;9-10,13-15H,2-8,11-12H2,1H3;1-7,12-14H,8-10H2;7-8,11-13H,2-6,9-10H2,1H3;5-6,9-11H,2-4,7-8H2,1H3. The Morgan fingerprint density at radius 2 is 0.486 bits per heavy atom. The molecule has 26 rings (SSSR count). The SMILES string of the molecule is C1=CC2CC1CC2CCCCc1ccccc1.C1=CC2CC1CC2CCCc1ccccc1.C1=CC2CC1CC2CCOc1ccc(-c2ccccc2)cc1.C1=CC2CC1CC2CCOc1ccccc1-c1ccccc1.C1=CC2CC1CC2CCc1ccccc1.C1=CC2CC1CC2OCc1ccccc1.CCCCC1CC2C=CC1C2.CCCCCCC1CC2C=CC1C2.CCCCCCCCC1CC2C=CC1C2. The number of unbranched alkanes of at least 4 members (excludes halogenated alkanes) is 10. The van der Waals surface area contributed by atoms with Crippen molar-refractivity contribution in [3.63, 3.8) is 0 Å². The Bertz CT molecular complexity index is 5250. The molecule has 0 heterocycles. The molecule has 0 saturated heterocycles. The molecule has 0 aliphatic heterocycles. The first kappa shape index (κ1) is 107. The van der Waals surface area contributed by atoms with Gasteiger partial charge < -0.3 is 14.2 Å². The largest absolute Gasteiger partial charge is 0.494 e. The number of benzene rings is 8. The minimum atomic E-state index is 0.472. The molecule has 8 aromatic carbocycles. The maximum absolute atomic E-state index is 6.14. The first-order chi connectivity index (χ1) is 72.1. The quantitative estimate of drug-likeness (QED) is 0.0283. The van der Waals surface area contributed by atoms with Crippen LogP contribution in [0.3, 0.4) is 0 Å². The van der Waals surface area contributed by atoms with Crippen molar-refractivity contribution in [1.82, 2.24) is 0 Å². The van der Waals surface area contributed by atoms with Crippen LogP contribution in [0.4, 0.5) is 0 Å². The molecule has 0 aromatic heterocycles. The number of fused-ring (bicyclic) bond motifs is 18. The van der Waals surface area contributed by atoms with Gasteiger partial charge in [-0.15, -0.1) is 0 Å². The highest BCUT2D eigenvalue weighted by molar-refractivity contribution is 5.70. The molecule has 776 valence electrons. The lowest BCUT2D eigenvalue weighted by Gasteiger charge is -2.19. The van der Waals surface area contributed by atoms with E-state index in [-0.39, 0.29) is 0 Å². The molecule has 8 aromatic rings. The fraction of sp³-hybridized carbons (Fsp3) is 0.538. The smallest absolute Gasteiger partial charge is 0.127 e. The van der Waals surface area contributed by atoms with Gasteiger partial charge in [0.2, 0.25) is 0 Å². The summed E-state index contributed by atoms with van der Waals surface area (Å²) < 4.78 is 18.1. The van der Waals surface area contributed by atoms with E-state index in [1.54, 1.807) is 0 Å². The zero-order valence-corrected chi connectivity index (χ0v) is 90.4. The van der Waals surface area contributed by atoms with Gasteiger partial charge in [0.15, 0.2) is 0 Å². The maximum atomic E-state index is 6.14. The van der Waals surface area contributed by atoms with E-state index in [0.29, 0.717) is 12.0 Å². The average molecular weight is 1950 g/mol. The molecule has 18 aliphatic rings. The summed E-state index contributed by atoms with van der Waals surface area (Å²) in [5, 5.41) is 0. The summed E-state index contributed by atoms with van der Waals surface area (Å²) in [6, 6.07) is 80.9. The number of para-hydroxylation sites is 1. The van der Waals surface area contributed by atoms with Crippen molar-refractivity contribution >= 4 is 0 Å². The molecule has 9 saturated carbocycles. The number of hydrogen-bond acceptors (Lipinski definition) is 3. The van der Waals surface area contributed by atoms with E-state index in [9.17, 15) is 0 Å². The van der Waals surface area contributed by atoms with Gasteiger partial charge in [-0.05, 0) is 404 Å². The highest BCUT2D eigenvalue weighted by atomic mass is 16.5. The predicted octanol–water partition coefficient (Wildman–Crippen LogP) is 39.0. The van der Waals surface area contributed by atoms with Crippen molar-refractivity contribution in [2.24, 2.45) is 154 Å². The molecule has 18 bridgehead atoms. The summed E-state index contributed by atoms with van der Waals surface area (Å²) in [5.74, 6) is 26.1. The molecule has 0 spiro atoms. The molecule has 27 unspecified atom stereocenters. The van der Waals surface area contributed by atoms with Crippen molar-refractivity contribution in [3.05, 3.63) is 362 Å². The molecule has 0 N–H and O–H groups in total. The molecule has 9 fully saturated rings. The Balaban J connectivity index is 0.000000109. The van der Waals surface area contributed by atoms with Crippen LogP contribution < -0.4 is 9.47 Å². The van der Waals surface area contributed by atoms with Gasteiger partial charge in [-0.1, -0.05) is 426 Å². The van der Waals surface area contributed by atoms with E-state index in [4.69, 9.17) is 14.2 Å². The fourth-order valence-electron chi connectivity index (χ4n) is 30.1. The highest BCUT2D eigenvalue weighted by Gasteiger charge is 2.43. The Hall–Kier alpha value is -9.02. The molecule has 3 nitrogen and oxygen atoms in total. The number of hydrogen-bond donors (Lipinski definition) is 0. The Morgan fingerprint density at radius 1 is 0.199 bits per heavy atom. The second kappa shape index (κ2) is 57.3. The number of allylic oxidation sites excluding steroid dienone is 17. The van der Waals surface area contributed by atoms with Crippen LogP contribution in [0, 0.1) is 154 Å². The van der Waals surface area contributed by atoms with E-state index in [0.717, 1.165) is 179 Å². The third-order valence-electron chi connectivity index (χ3n) is 38.2. The van der Waals surface area contributed by atoms with Crippen LogP contribution in [0.5, 0.6) is 11.5 Å². The molecule has 27 atom stereocenters. The van der Waals surface area contributed by atoms with E-state index in [2.05, 4.69) is 349 Å². The number of rotatable bonds is 40. The second-order valence-electron chi connectivity index (χ2n) is 48.6. The van der Waals surface area contributed by atoms with Gasteiger partial charge in [-0.2, -0.15) is 0 Å². The van der Waals surface area contributed by atoms with Crippen LogP contribution in [-0.4, -0.2) is 19.3 Å². The molecule has 146 heavy (non-hydrogen) atoms. The average Bonchev–Trinajstić information content (AvgIpc) is 1.64. The summed E-state index contributed by atoms with van der Waals surface area (Å²) in [5.41, 5.74) is 10.7. The van der Waals surface area contributed by atoms with Crippen molar-refractivity contribution in [3.8, 4) is 33.8 Å². The van der Waals surface area contributed by atoms with E-state index in [1.807, 2.05) is 12.1 Å². The van der Waals surface area contributed by atoms with Crippen molar-refractivity contribution in [1.29, 1.82) is 0 Å². The summed E-state index contributed by atoms with van der Waals surface area (Å²) in [6.07, 6.45) is 107. The van der Waals surface area contributed by atoms with Gasteiger partial charge in [-0.25, -0.2) is 0 Å². The molecule has 0 radical (unpaired) electrons. The monoisotopic (exact) mass is 1950 g/mol. The van der Waals surface area contributed by atoms with Gasteiger partial charge in [0.25, 0.3) is 0 Å². The van der Waals surface area contributed by atoms with Gasteiger partial charge in [0, 0.05) is 11.5 Å². The predicted molar refractivity (Wildman–Crippen MR) is 620 cm³/mol. The second-order valence-corrected chi connectivity index (χ2v) is 48.6. The molecular formula is C143H186O3. The number of aryl methyl sites for hydroxylation is 3.